The van der Waals surface area contributed by atoms with E-state index in [4.69, 9.17) is 11.6 Å². The topological polar surface area (TPSA) is 88.4 Å². The highest BCUT2D eigenvalue weighted by Crippen LogP contribution is 2.28. The molecule has 2 heterocycles. The second-order valence-electron chi connectivity index (χ2n) is 7.78. The van der Waals surface area contributed by atoms with Gasteiger partial charge in [-0.2, -0.15) is 9.40 Å². The number of nitrogens with zero attached hydrogens (tertiary/aromatic N) is 5. The molecule has 4 rings (SSSR count). The van der Waals surface area contributed by atoms with Crippen molar-refractivity contribution in [1.29, 1.82) is 0 Å². The molecule has 8 nitrogen and oxygen atoms in total. The van der Waals surface area contributed by atoms with Gasteiger partial charge in [0.2, 0.25) is 10.0 Å². The highest BCUT2D eigenvalue weighted by Gasteiger charge is 2.29. The molecule has 1 aliphatic rings. The summed E-state index contributed by atoms with van der Waals surface area (Å²) >= 11 is 6.30. The molecule has 2 aromatic carbocycles. The Hall–Kier alpha value is -2.75. The van der Waals surface area contributed by atoms with Gasteiger partial charge in [0.05, 0.1) is 27.2 Å². The summed E-state index contributed by atoms with van der Waals surface area (Å²) in [5.41, 5.74) is 1.94. The van der Waals surface area contributed by atoms with Gasteiger partial charge in [-0.1, -0.05) is 23.7 Å². The van der Waals surface area contributed by atoms with Gasteiger partial charge in [-0.15, -0.1) is 0 Å². The van der Waals surface area contributed by atoms with Crippen molar-refractivity contribution in [3.8, 4) is 5.69 Å². The molecule has 1 fully saturated rings. The zero-order valence-electron chi connectivity index (χ0n) is 17.8. The summed E-state index contributed by atoms with van der Waals surface area (Å²) in [4.78, 5) is 18.8. The summed E-state index contributed by atoms with van der Waals surface area (Å²) in [5.74, 6) is -0.346. The number of sulfonamides is 1. The molecule has 168 valence electrons. The van der Waals surface area contributed by atoms with E-state index in [-0.39, 0.29) is 27.4 Å². The first-order valence-electron chi connectivity index (χ1n) is 10.3. The second kappa shape index (κ2) is 9.01. The van der Waals surface area contributed by atoms with Gasteiger partial charge in [0.15, 0.2) is 0 Å². The smallest absolute Gasteiger partial charge is 0.255 e. The molecule has 1 unspecified atom stereocenters. The molecule has 3 aromatic rings. The summed E-state index contributed by atoms with van der Waals surface area (Å²) in [6, 6.07) is 11.7. The Morgan fingerprint density at radius 1 is 1.12 bits per heavy atom. The van der Waals surface area contributed by atoms with Crippen molar-refractivity contribution in [1.82, 2.24) is 24.0 Å². The molecule has 10 heteroatoms. The van der Waals surface area contributed by atoms with E-state index in [9.17, 15) is 13.2 Å². The first kappa shape index (κ1) is 22.4. The molecule has 0 radical (unpaired) electrons. The molecule has 0 N–H and O–H groups in total. The maximum absolute atomic E-state index is 13.2. The maximum atomic E-state index is 13.2. The van der Waals surface area contributed by atoms with Gasteiger partial charge in [0.25, 0.3) is 5.91 Å². The van der Waals surface area contributed by atoms with Crippen LogP contribution in [0.1, 0.15) is 41.7 Å². The maximum Gasteiger partial charge on any atom is 0.255 e. The van der Waals surface area contributed by atoms with Crippen LogP contribution < -0.4 is 0 Å². The predicted molar refractivity (Wildman–Crippen MR) is 121 cm³/mol. The number of halogens is 1. The lowest BCUT2D eigenvalue weighted by Crippen LogP contribution is -2.31. The molecule has 32 heavy (non-hydrogen) atoms. The second-order valence-corrected chi connectivity index (χ2v) is 10.1. The summed E-state index contributed by atoms with van der Waals surface area (Å²) < 4.78 is 28.9. The van der Waals surface area contributed by atoms with Crippen LogP contribution in [0.2, 0.25) is 5.02 Å². The quantitative estimate of drug-likeness (QED) is 0.546. The molecule has 1 saturated heterocycles. The van der Waals surface area contributed by atoms with E-state index in [0.717, 1.165) is 24.1 Å². The molecular formula is C22H24ClN5O3S. The van der Waals surface area contributed by atoms with Crippen LogP contribution in [0, 0.1) is 0 Å². The third-order valence-electron chi connectivity index (χ3n) is 5.83. The lowest BCUT2D eigenvalue weighted by molar-refractivity contribution is 0.0742. The number of hydrogen-bond acceptors (Lipinski definition) is 5. The fourth-order valence-electron chi connectivity index (χ4n) is 3.74. The molecule has 0 bridgehead atoms. The van der Waals surface area contributed by atoms with Gasteiger partial charge >= 0.3 is 0 Å². The summed E-state index contributed by atoms with van der Waals surface area (Å²) in [6.07, 6.45) is 4.76. The van der Waals surface area contributed by atoms with Crippen molar-refractivity contribution in [2.45, 2.75) is 30.7 Å². The molecule has 1 aromatic heterocycles. The first-order valence-corrected chi connectivity index (χ1v) is 12.1. The zero-order chi connectivity index (χ0) is 22.9. The van der Waals surface area contributed by atoms with Gasteiger partial charge in [-0.3, -0.25) is 4.79 Å². The minimum Gasteiger partial charge on any atom is -0.335 e. The van der Waals surface area contributed by atoms with Crippen LogP contribution in [0.5, 0.6) is 0 Å². The molecular weight excluding hydrogens is 450 g/mol. The Balaban J connectivity index is 1.57. The van der Waals surface area contributed by atoms with Gasteiger partial charge in [0.1, 0.15) is 12.7 Å². The summed E-state index contributed by atoms with van der Waals surface area (Å²) in [7, 11) is -1.97. The van der Waals surface area contributed by atoms with Crippen molar-refractivity contribution in [3.05, 3.63) is 71.3 Å². The number of rotatable bonds is 6. The fraction of sp³-hybridized carbons (Fsp3) is 0.318. The van der Waals surface area contributed by atoms with Crippen LogP contribution in [0.3, 0.4) is 0 Å². The highest BCUT2D eigenvalue weighted by atomic mass is 35.5. The molecule has 0 aliphatic carbocycles. The third kappa shape index (κ3) is 4.28. The monoisotopic (exact) mass is 473 g/mol. The van der Waals surface area contributed by atoms with Crippen molar-refractivity contribution in [2.75, 3.05) is 20.1 Å². The minimum atomic E-state index is -3.65. The Bertz CT molecular complexity index is 1210. The average Bonchev–Trinajstić information content (AvgIpc) is 3.53. The number of hydrogen-bond donors (Lipinski definition) is 0. The predicted octanol–water partition coefficient (Wildman–Crippen LogP) is 3.54. The molecule has 1 atom stereocenters. The lowest BCUT2D eigenvalue weighted by Gasteiger charge is -2.26. The highest BCUT2D eigenvalue weighted by molar-refractivity contribution is 7.89. The van der Waals surface area contributed by atoms with Gasteiger partial charge < -0.3 is 4.90 Å². The van der Waals surface area contributed by atoms with E-state index in [1.54, 1.807) is 23.0 Å². The molecule has 0 saturated carbocycles. The first-order chi connectivity index (χ1) is 15.3. The lowest BCUT2D eigenvalue weighted by atomic mass is 10.1. The van der Waals surface area contributed by atoms with Crippen molar-refractivity contribution in [2.24, 2.45) is 0 Å². The van der Waals surface area contributed by atoms with Crippen molar-refractivity contribution >= 4 is 27.5 Å². The van der Waals surface area contributed by atoms with E-state index >= 15 is 0 Å². The normalized spacial score (nSPS) is 15.6. The molecule has 1 aliphatic heterocycles. The Labute approximate surface area is 192 Å². The standard InChI is InChI=1S/C22H24ClN5O3S/c1-16(17-5-7-18(8-6-17)28-15-24-14-25-28)26(2)22(29)20-13-19(9-10-21(20)23)32(30,31)27-11-3-4-12-27/h5-10,13-16H,3-4,11-12H2,1-2H3. The molecule has 0 spiro atoms. The van der Waals surface area contributed by atoms with E-state index in [1.165, 1.54) is 28.8 Å². The SMILES string of the molecule is CC(c1ccc(-n2cncn2)cc1)N(C)C(=O)c1cc(S(=O)(=O)N2CCCC2)ccc1Cl. The Morgan fingerprint density at radius 2 is 1.81 bits per heavy atom. The number of amides is 1. The fourth-order valence-corrected chi connectivity index (χ4v) is 5.49. The number of carbonyl (C=O) groups is 1. The number of benzene rings is 2. The van der Waals surface area contributed by atoms with E-state index < -0.39 is 10.0 Å². The van der Waals surface area contributed by atoms with Gasteiger partial charge in [0, 0.05) is 20.1 Å². The van der Waals surface area contributed by atoms with E-state index in [0.29, 0.717) is 13.1 Å². The molecule has 1 amide bonds. The third-order valence-corrected chi connectivity index (χ3v) is 8.06. The Kier molecular flexibility index (Phi) is 6.32. The number of carbonyl (C=O) groups excluding carboxylic acids is 1. The van der Waals surface area contributed by atoms with Gasteiger partial charge in [-0.25, -0.2) is 18.1 Å². The zero-order valence-corrected chi connectivity index (χ0v) is 19.4. The summed E-state index contributed by atoms with van der Waals surface area (Å²) in [6.45, 7) is 2.90. The van der Waals surface area contributed by atoms with Crippen LogP contribution in [-0.4, -0.2) is 58.4 Å². The van der Waals surface area contributed by atoms with Crippen molar-refractivity contribution in [3.63, 3.8) is 0 Å². The largest absolute Gasteiger partial charge is 0.335 e. The van der Waals surface area contributed by atoms with Crippen molar-refractivity contribution < 1.29 is 13.2 Å². The summed E-state index contributed by atoms with van der Waals surface area (Å²) in [5, 5.41) is 4.32. The van der Waals surface area contributed by atoms with E-state index in [1.807, 2.05) is 31.2 Å². The van der Waals surface area contributed by atoms with Crippen LogP contribution in [0.25, 0.3) is 5.69 Å². The van der Waals surface area contributed by atoms with Crippen LogP contribution in [0.15, 0.2) is 60.0 Å². The van der Waals surface area contributed by atoms with Crippen LogP contribution in [0.4, 0.5) is 0 Å². The average molecular weight is 474 g/mol. The van der Waals surface area contributed by atoms with Gasteiger partial charge in [-0.05, 0) is 55.7 Å². The Morgan fingerprint density at radius 3 is 2.44 bits per heavy atom. The number of aromatic nitrogens is 3. The van der Waals surface area contributed by atoms with E-state index in [2.05, 4.69) is 10.1 Å². The van der Waals surface area contributed by atoms with Crippen LogP contribution in [-0.2, 0) is 10.0 Å². The van der Waals surface area contributed by atoms with Crippen LogP contribution >= 0.6 is 11.6 Å². The minimum absolute atomic E-state index is 0.0883.